The second-order valence-electron chi connectivity index (χ2n) is 10.8. The third-order valence-corrected chi connectivity index (χ3v) is 7.22. The van der Waals surface area contributed by atoms with Crippen molar-refractivity contribution in [2.75, 3.05) is 6.54 Å². The van der Waals surface area contributed by atoms with E-state index in [4.69, 9.17) is 11.5 Å². The van der Waals surface area contributed by atoms with Crippen LogP contribution in [0, 0.1) is 0 Å². The van der Waals surface area contributed by atoms with Crippen LogP contribution in [-0.4, -0.2) is 69.7 Å². The third-order valence-electron chi connectivity index (χ3n) is 7.22. The molecule has 0 aliphatic carbocycles. The molecular formula is C33H41N5O7. The number of phenols is 2. The van der Waals surface area contributed by atoms with Crippen LogP contribution in [0.25, 0.3) is 0 Å². The van der Waals surface area contributed by atoms with Gasteiger partial charge >= 0.3 is 5.97 Å². The van der Waals surface area contributed by atoms with Crippen LogP contribution >= 0.6 is 0 Å². The molecule has 0 heterocycles. The van der Waals surface area contributed by atoms with E-state index in [9.17, 15) is 34.5 Å². The highest BCUT2D eigenvalue weighted by Crippen LogP contribution is 2.14. The maximum Gasteiger partial charge on any atom is 0.326 e. The Bertz CT molecular complexity index is 1400. The average molecular weight is 620 g/mol. The normalized spacial score (nSPS) is 13.6. The minimum absolute atomic E-state index is 0.0122. The van der Waals surface area contributed by atoms with Gasteiger partial charge in [0.05, 0.1) is 6.04 Å². The number of amides is 3. The fraction of sp³-hybridized carbons (Fsp3) is 0.333. The number of carbonyl (C=O) groups excluding carboxylic acids is 3. The molecular weight excluding hydrogens is 578 g/mol. The Labute approximate surface area is 261 Å². The van der Waals surface area contributed by atoms with E-state index in [1.807, 2.05) is 30.3 Å². The van der Waals surface area contributed by atoms with Crippen molar-refractivity contribution in [3.8, 4) is 11.5 Å². The summed E-state index contributed by atoms with van der Waals surface area (Å²) in [5, 5.41) is 37.0. The first-order valence-electron chi connectivity index (χ1n) is 14.7. The summed E-state index contributed by atoms with van der Waals surface area (Å²) in [6.07, 6.45) is 1.51. The quantitative estimate of drug-likeness (QED) is 0.101. The number of nitrogens with one attached hydrogen (secondary N) is 3. The number of aromatic hydroxyl groups is 2. The summed E-state index contributed by atoms with van der Waals surface area (Å²) in [7, 11) is 0. The maximum atomic E-state index is 13.6. The number of aliphatic carboxylic acids is 1. The molecule has 0 spiro atoms. The second kappa shape index (κ2) is 17.4. The summed E-state index contributed by atoms with van der Waals surface area (Å²) in [5.74, 6) is -3.19. The van der Waals surface area contributed by atoms with Crippen molar-refractivity contribution < 1.29 is 34.5 Å². The molecule has 0 radical (unpaired) electrons. The highest BCUT2D eigenvalue weighted by atomic mass is 16.4. The smallest absolute Gasteiger partial charge is 0.326 e. The van der Waals surface area contributed by atoms with E-state index in [0.717, 1.165) is 5.56 Å². The molecule has 240 valence electrons. The largest absolute Gasteiger partial charge is 0.508 e. The molecule has 0 aromatic heterocycles. The van der Waals surface area contributed by atoms with E-state index in [1.165, 1.54) is 24.3 Å². The van der Waals surface area contributed by atoms with Crippen molar-refractivity contribution in [3.63, 3.8) is 0 Å². The van der Waals surface area contributed by atoms with Gasteiger partial charge in [-0.25, -0.2) is 4.79 Å². The number of carbonyl (C=O) groups is 4. The van der Waals surface area contributed by atoms with E-state index in [0.29, 0.717) is 30.5 Å². The predicted molar refractivity (Wildman–Crippen MR) is 168 cm³/mol. The molecule has 12 heteroatoms. The Morgan fingerprint density at radius 1 is 0.600 bits per heavy atom. The van der Waals surface area contributed by atoms with E-state index < -0.39 is 47.9 Å². The van der Waals surface area contributed by atoms with Gasteiger partial charge in [0.1, 0.15) is 29.6 Å². The number of nitrogens with two attached hydrogens (primary N) is 2. The Hall–Kier alpha value is -4.94. The lowest BCUT2D eigenvalue weighted by molar-refractivity contribution is -0.142. The number of rotatable bonds is 17. The number of carboxylic acids is 1. The summed E-state index contributed by atoms with van der Waals surface area (Å²) in [5.41, 5.74) is 13.8. The summed E-state index contributed by atoms with van der Waals surface area (Å²) in [4.78, 5) is 52.2. The van der Waals surface area contributed by atoms with Crippen LogP contribution in [0.4, 0.5) is 0 Å². The molecule has 4 atom stereocenters. The number of hydrogen-bond acceptors (Lipinski definition) is 8. The first-order chi connectivity index (χ1) is 21.5. The van der Waals surface area contributed by atoms with Crippen molar-refractivity contribution in [2.45, 2.75) is 62.7 Å². The number of benzene rings is 3. The molecule has 12 nitrogen and oxygen atoms in total. The van der Waals surface area contributed by atoms with Gasteiger partial charge in [-0.15, -0.1) is 0 Å². The van der Waals surface area contributed by atoms with Gasteiger partial charge in [0.2, 0.25) is 17.7 Å². The lowest BCUT2D eigenvalue weighted by Crippen LogP contribution is -2.58. The van der Waals surface area contributed by atoms with Crippen molar-refractivity contribution >= 4 is 23.7 Å². The fourth-order valence-electron chi connectivity index (χ4n) is 4.69. The minimum atomic E-state index is -1.34. The SMILES string of the molecule is NCCCCC(NC(=O)C(N)Cc1ccccc1)C(=O)NC(Cc1ccc(O)cc1)C(=O)NC(Cc1ccc(O)cc1)C(=O)O. The van der Waals surface area contributed by atoms with E-state index in [1.54, 1.807) is 24.3 Å². The Kier molecular flexibility index (Phi) is 13.3. The van der Waals surface area contributed by atoms with Crippen LogP contribution in [0.3, 0.4) is 0 Å². The number of phenolic OH excluding ortho intramolecular Hbond substituents is 2. The highest BCUT2D eigenvalue weighted by Gasteiger charge is 2.30. The molecule has 3 amide bonds. The first-order valence-corrected chi connectivity index (χ1v) is 14.7. The lowest BCUT2D eigenvalue weighted by atomic mass is 10.0. The summed E-state index contributed by atoms with van der Waals surface area (Å²) in [6.45, 7) is 0.388. The first kappa shape index (κ1) is 34.5. The summed E-state index contributed by atoms with van der Waals surface area (Å²) >= 11 is 0. The Morgan fingerprint density at radius 3 is 1.60 bits per heavy atom. The van der Waals surface area contributed by atoms with E-state index in [2.05, 4.69) is 16.0 Å². The van der Waals surface area contributed by atoms with Crippen molar-refractivity contribution in [1.82, 2.24) is 16.0 Å². The van der Waals surface area contributed by atoms with Crippen molar-refractivity contribution in [1.29, 1.82) is 0 Å². The molecule has 0 aliphatic rings. The molecule has 3 aromatic carbocycles. The molecule has 4 unspecified atom stereocenters. The molecule has 0 saturated heterocycles. The maximum absolute atomic E-state index is 13.6. The zero-order valence-corrected chi connectivity index (χ0v) is 24.9. The monoisotopic (exact) mass is 619 g/mol. The third kappa shape index (κ3) is 11.6. The zero-order chi connectivity index (χ0) is 32.8. The van der Waals surface area contributed by atoms with Gasteiger partial charge < -0.3 is 42.7 Å². The van der Waals surface area contributed by atoms with Gasteiger partial charge in [0.25, 0.3) is 0 Å². The van der Waals surface area contributed by atoms with Crippen molar-refractivity contribution in [2.24, 2.45) is 11.5 Å². The highest BCUT2D eigenvalue weighted by molar-refractivity contribution is 5.94. The van der Waals surface area contributed by atoms with Crippen LogP contribution < -0.4 is 27.4 Å². The zero-order valence-electron chi connectivity index (χ0n) is 24.9. The molecule has 10 N–H and O–H groups in total. The Balaban J connectivity index is 1.78. The minimum Gasteiger partial charge on any atom is -0.508 e. The van der Waals surface area contributed by atoms with Gasteiger partial charge in [-0.05, 0) is 73.2 Å². The summed E-state index contributed by atoms with van der Waals surface area (Å²) < 4.78 is 0. The van der Waals surface area contributed by atoms with E-state index in [-0.39, 0.29) is 37.2 Å². The van der Waals surface area contributed by atoms with E-state index >= 15 is 0 Å². The van der Waals surface area contributed by atoms with Crippen molar-refractivity contribution in [3.05, 3.63) is 95.6 Å². The number of hydrogen-bond donors (Lipinski definition) is 8. The van der Waals surface area contributed by atoms with Crippen LogP contribution in [0.15, 0.2) is 78.9 Å². The average Bonchev–Trinajstić information content (AvgIpc) is 3.02. The Morgan fingerprint density at radius 2 is 1.07 bits per heavy atom. The standard InChI is InChI=1S/C33H41N5O7/c34-17-5-4-8-27(36-30(41)26(35)18-21-6-2-1-3-7-21)31(42)37-28(19-22-9-13-24(39)14-10-22)32(43)38-29(33(44)45)20-23-11-15-25(40)16-12-23/h1-3,6-7,9-16,26-29,39-40H,4-5,8,17-20,34-35H2,(H,36,41)(H,37,42)(H,38,43)(H,44,45). The van der Waals surface area contributed by atoms with Gasteiger partial charge in [-0.3, -0.25) is 14.4 Å². The molecule has 3 rings (SSSR count). The van der Waals surface area contributed by atoms with Crippen LogP contribution in [-0.2, 0) is 38.4 Å². The van der Waals surface area contributed by atoms with Gasteiger partial charge in [0.15, 0.2) is 0 Å². The lowest BCUT2D eigenvalue weighted by Gasteiger charge is -2.25. The van der Waals surface area contributed by atoms with Crippen LogP contribution in [0.2, 0.25) is 0 Å². The van der Waals surface area contributed by atoms with Gasteiger partial charge in [0, 0.05) is 12.8 Å². The molecule has 3 aromatic rings. The molecule has 0 saturated carbocycles. The molecule has 0 aliphatic heterocycles. The molecule has 0 bridgehead atoms. The number of carboxylic acid groups (broad SMARTS) is 1. The van der Waals surface area contributed by atoms with Gasteiger partial charge in [-0.1, -0.05) is 54.6 Å². The number of unbranched alkanes of at least 4 members (excludes halogenated alkanes) is 1. The predicted octanol–water partition coefficient (Wildman–Crippen LogP) is 1.12. The second-order valence-corrected chi connectivity index (χ2v) is 10.8. The van der Waals surface area contributed by atoms with Crippen LogP contribution in [0.5, 0.6) is 11.5 Å². The fourth-order valence-corrected chi connectivity index (χ4v) is 4.69. The molecule has 0 fully saturated rings. The van der Waals surface area contributed by atoms with Crippen LogP contribution in [0.1, 0.15) is 36.0 Å². The van der Waals surface area contributed by atoms with Gasteiger partial charge in [-0.2, -0.15) is 0 Å². The summed E-state index contributed by atoms with van der Waals surface area (Å²) in [6, 6.07) is 16.6. The topological polar surface area (TPSA) is 217 Å². The molecule has 45 heavy (non-hydrogen) atoms.